The summed E-state index contributed by atoms with van der Waals surface area (Å²) in [6.07, 6.45) is 1.53. The number of aromatic nitrogens is 3. The molecule has 0 amide bonds. The molecule has 3 rings (SSSR count). The van der Waals surface area contributed by atoms with Crippen LogP contribution in [-0.4, -0.2) is 15.2 Å². The van der Waals surface area contributed by atoms with Crippen LogP contribution >= 0.6 is 15.9 Å². The molecule has 7 heteroatoms. The molecule has 2 aromatic carbocycles. The predicted octanol–water partition coefficient (Wildman–Crippen LogP) is 3.99. The van der Waals surface area contributed by atoms with Gasteiger partial charge in [0.2, 0.25) is 5.95 Å². The standard InChI is InChI=1S/C16H11BrN6/c17-12-2-1-3-14(8-12)21-16-22-15(10-19-23-16)20-13-6-4-11(9-18)5-7-13/h1-8,10H,(H2,20,21,22,23). The molecule has 0 saturated carbocycles. The van der Waals surface area contributed by atoms with Crippen LogP contribution in [0.25, 0.3) is 0 Å². The Balaban J connectivity index is 1.75. The quantitative estimate of drug-likeness (QED) is 0.725. The largest absolute Gasteiger partial charge is 0.339 e. The van der Waals surface area contributed by atoms with Crippen LogP contribution in [0.2, 0.25) is 0 Å². The van der Waals surface area contributed by atoms with Gasteiger partial charge in [-0.25, -0.2) is 0 Å². The first-order chi connectivity index (χ1) is 11.2. The highest BCUT2D eigenvalue weighted by molar-refractivity contribution is 9.10. The Hall–Kier alpha value is -2.98. The van der Waals surface area contributed by atoms with Gasteiger partial charge < -0.3 is 10.6 Å². The SMILES string of the molecule is N#Cc1ccc(Nc2cnnc(Nc3cccc(Br)c3)n2)cc1. The van der Waals surface area contributed by atoms with Gasteiger partial charge >= 0.3 is 0 Å². The van der Waals surface area contributed by atoms with Crippen LogP contribution in [-0.2, 0) is 0 Å². The van der Waals surface area contributed by atoms with E-state index in [1.165, 1.54) is 6.20 Å². The molecule has 0 fully saturated rings. The number of hydrogen-bond acceptors (Lipinski definition) is 6. The minimum atomic E-state index is 0.391. The highest BCUT2D eigenvalue weighted by Gasteiger charge is 2.03. The topological polar surface area (TPSA) is 86.5 Å². The van der Waals surface area contributed by atoms with Crippen LogP contribution in [0.4, 0.5) is 23.1 Å². The Bertz CT molecular complexity index is 857. The van der Waals surface area contributed by atoms with E-state index in [1.807, 2.05) is 36.4 Å². The van der Waals surface area contributed by atoms with Crippen molar-refractivity contribution in [3.8, 4) is 6.07 Å². The molecule has 0 saturated heterocycles. The third-order valence-electron chi connectivity index (χ3n) is 2.93. The van der Waals surface area contributed by atoms with E-state index in [0.29, 0.717) is 17.3 Å². The van der Waals surface area contributed by atoms with Gasteiger partial charge in [-0.3, -0.25) is 0 Å². The maximum atomic E-state index is 8.80. The van der Waals surface area contributed by atoms with Gasteiger partial charge in [0.25, 0.3) is 0 Å². The number of nitrogens with zero attached hydrogens (tertiary/aromatic N) is 4. The zero-order chi connectivity index (χ0) is 16.1. The molecule has 0 aliphatic heterocycles. The lowest BCUT2D eigenvalue weighted by molar-refractivity contribution is 0.982. The Morgan fingerprint density at radius 3 is 2.57 bits per heavy atom. The van der Waals surface area contributed by atoms with Crippen molar-refractivity contribution in [2.24, 2.45) is 0 Å². The monoisotopic (exact) mass is 366 g/mol. The molecule has 1 aromatic heterocycles. The van der Waals surface area contributed by atoms with Crippen molar-refractivity contribution in [1.29, 1.82) is 5.26 Å². The number of nitrogens with one attached hydrogen (secondary N) is 2. The van der Waals surface area contributed by atoms with Crippen LogP contribution in [0.5, 0.6) is 0 Å². The summed E-state index contributed by atoms with van der Waals surface area (Å²) < 4.78 is 0.960. The third-order valence-corrected chi connectivity index (χ3v) is 3.42. The number of anilines is 4. The van der Waals surface area contributed by atoms with Crippen LogP contribution in [0.1, 0.15) is 5.56 Å². The Morgan fingerprint density at radius 2 is 1.83 bits per heavy atom. The van der Waals surface area contributed by atoms with Crippen LogP contribution < -0.4 is 10.6 Å². The molecule has 0 radical (unpaired) electrons. The lowest BCUT2D eigenvalue weighted by Gasteiger charge is -2.08. The zero-order valence-corrected chi connectivity index (χ0v) is 13.4. The maximum Gasteiger partial charge on any atom is 0.249 e. The number of nitriles is 1. The number of halogens is 1. The molecule has 0 spiro atoms. The summed E-state index contributed by atoms with van der Waals surface area (Å²) in [5.41, 5.74) is 2.28. The van der Waals surface area contributed by atoms with Crippen LogP contribution in [0.15, 0.2) is 59.2 Å². The summed E-state index contributed by atoms with van der Waals surface area (Å²) >= 11 is 3.41. The highest BCUT2D eigenvalue weighted by atomic mass is 79.9. The fourth-order valence-electron chi connectivity index (χ4n) is 1.89. The highest BCUT2D eigenvalue weighted by Crippen LogP contribution is 2.19. The van der Waals surface area contributed by atoms with Gasteiger partial charge in [-0.2, -0.15) is 15.3 Å². The molecule has 0 atom stereocenters. The van der Waals surface area contributed by atoms with E-state index in [2.05, 4.69) is 47.8 Å². The predicted molar refractivity (Wildman–Crippen MR) is 91.7 cm³/mol. The Kier molecular flexibility index (Phi) is 4.45. The van der Waals surface area contributed by atoms with E-state index in [-0.39, 0.29) is 0 Å². The summed E-state index contributed by atoms with van der Waals surface area (Å²) in [5.74, 6) is 0.948. The van der Waals surface area contributed by atoms with E-state index < -0.39 is 0 Å². The van der Waals surface area contributed by atoms with E-state index in [4.69, 9.17) is 5.26 Å². The third kappa shape index (κ3) is 4.02. The zero-order valence-electron chi connectivity index (χ0n) is 11.9. The number of benzene rings is 2. The average Bonchev–Trinajstić information content (AvgIpc) is 2.56. The van der Waals surface area contributed by atoms with Crippen molar-refractivity contribution >= 4 is 39.1 Å². The fraction of sp³-hybridized carbons (Fsp3) is 0. The minimum Gasteiger partial charge on any atom is -0.339 e. The molecule has 0 aliphatic rings. The number of hydrogen-bond donors (Lipinski definition) is 2. The first-order valence-electron chi connectivity index (χ1n) is 6.72. The first kappa shape index (κ1) is 14.9. The summed E-state index contributed by atoms with van der Waals surface area (Å²) in [4.78, 5) is 4.36. The maximum absolute atomic E-state index is 8.80. The summed E-state index contributed by atoms with van der Waals surface area (Å²) in [7, 11) is 0. The van der Waals surface area contributed by atoms with Crippen LogP contribution in [0.3, 0.4) is 0 Å². The second-order valence-electron chi connectivity index (χ2n) is 4.61. The van der Waals surface area contributed by atoms with Gasteiger partial charge in [-0.1, -0.05) is 22.0 Å². The molecule has 2 N–H and O–H groups in total. The summed E-state index contributed by atoms with van der Waals surface area (Å²) in [6, 6.07) is 16.8. The molecule has 6 nitrogen and oxygen atoms in total. The minimum absolute atomic E-state index is 0.391. The Labute approximate surface area is 141 Å². The average molecular weight is 367 g/mol. The number of rotatable bonds is 4. The first-order valence-corrected chi connectivity index (χ1v) is 7.52. The molecule has 0 bridgehead atoms. The Morgan fingerprint density at radius 1 is 1.00 bits per heavy atom. The van der Waals surface area contributed by atoms with Gasteiger partial charge in [0, 0.05) is 15.8 Å². The van der Waals surface area contributed by atoms with Crippen molar-refractivity contribution in [2.75, 3.05) is 10.6 Å². The van der Waals surface area contributed by atoms with Gasteiger partial charge in [-0.15, -0.1) is 5.10 Å². The van der Waals surface area contributed by atoms with Crippen molar-refractivity contribution < 1.29 is 0 Å². The molecule has 112 valence electrons. The van der Waals surface area contributed by atoms with E-state index >= 15 is 0 Å². The fourth-order valence-corrected chi connectivity index (χ4v) is 2.29. The molecule has 0 aliphatic carbocycles. The molecular formula is C16H11BrN6. The molecule has 23 heavy (non-hydrogen) atoms. The molecular weight excluding hydrogens is 356 g/mol. The second-order valence-corrected chi connectivity index (χ2v) is 5.53. The van der Waals surface area contributed by atoms with Gasteiger partial charge in [0.05, 0.1) is 17.8 Å². The molecule has 0 unspecified atom stereocenters. The van der Waals surface area contributed by atoms with Crippen molar-refractivity contribution in [1.82, 2.24) is 15.2 Å². The second kappa shape index (κ2) is 6.85. The summed E-state index contributed by atoms with van der Waals surface area (Å²) in [5, 5.41) is 22.9. The van der Waals surface area contributed by atoms with E-state index in [0.717, 1.165) is 15.8 Å². The van der Waals surface area contributed by atoms with Gasteiger partial charge in [-0.05, 0) is 42.5 Å². The molecule has 1 heterocycles. The molecule has 3 aromatic rings. The van der Waals surface area contributed by atoms with Gasteiger partial charge in [0.15, 0.2) is 5.82 Å². The van der Waals surface area contributed by atoms with Crippen molar-refractivity contribution in [2.45, 2.75) is 0 Å². The smallest absolute Gasteiger partial charge is 0.249 e. The van der Waals surface area contributed by atoms with Crippen molar-refractivity contribution in [3.05, 3.63) is 64.8 Å². The van der Waals surface area contributed by atoms with Crippen molar-refractivity contribution in [3.63, 3.8) is 0 Å². The van der Waals surface area contributed by atoms with E-state index in [1.54, 1.807) is 12.1 Å². The summed E-state index contributed by atoms with van der Waals surface area (Å²) in [6.45, 7) is 0. The lowest BCUT2D eigenvalue weighted by Crippen LogP contribution is -2.02. The van der Waals surface area contributed by atoms with E-state index in [9.17, 15) is 0 Å². The lowest BCUT2D eigenvalue weighted by atomic mass is 10.2. The van der Waals surface area contributed by atoms with Gasteiger partial charge in [0.1, 0.15) is 0 Å². The normalized spacial score (nSPS) is 9.91. The van der Waals surface area contributed by atoms with Crippen LogP contribution in [0, 0.1) is 11.3 Å².